The first-order valence-electron chi connectivity index (χ1n) is 8.07. The number of hydrogen-bond donors (Lipinski definition) is 0. The molecule has 0 heterocycles. The second kappa shape index (κ2) is 9.43. The van der Waals surface area contributed by atoms with E-state index < -0.39 is 0 Å². The molecule has 0 aromatic heterocycles. The number of hydrogen-bond acceptors (Lipinski definition) is 2. The molecule has 2 nitrogen and oxygen atoms in total. The monoisotopic (exact) mass is 336 g/mol. The molecule has 0 bridgehead atoms. The fourth-order valence-electron chi connectivity index (χ4n) is 2.52. The molecule has 2 aromatic rings. The molecule has 0 aliphatic rings. The zero-order valence-corrected chi connectivity index (χ0v) is 16.6. The van der Waals surface area contributed by atoms with Crippen molar-refractivity contribution in [2.24, 2.45) is 0 Å². The smallest absolute Gasteiger partial charge is 1.00 e. The van der Waals surface area contributed by atoms with Crippen LogP contribution in [-0.2, 0) is 0 Å². The van der Waals surface area contributed by atoms with E-state index in [1.807, 2.05) is 57.2 Å². The van der Waals surface area contributed by atoms with Crippen molar-refractivity contribution in [2.45, 2.75) is 47.1 Å². The molecule has 124 valence electrons. The van der Waals surface area contributed by atoms with Crippen molar-refractivity contribution in [2.75, 3.05) is 0 Å². The minimum absolute atomic E-state index is 0. The van der Waals surface area contributed by atoms with Gasteiger partial charge < -0.3 is 6.16 Å². The molecule has 2 aromatic carbocycles. The van der Waals surface area contributed by atoms with Gasteiger partial charge in [-0.25, -0.2) is 0 Å². The minimum atomic E-state index is 0. The van der Waals surface area contributed by atoms with E-state index in [1.165, 1.54) is 0 Å². The van der Waals surface area contributed by atoms with Crippen LogP contribution in [0.4, 0.5) is 0 Å². The Kier molecular flexibility index (Phi) is 8.24. The molecule has 2 atom stereocenters. The van der Waals surface area contributed by atoms with E-state index >= 15 is 0 Å². The predicted molar refractivity (Wildman–Crippen MR) is 101 cm³/mol. The van der Waals surface area contributed by atoms with Gasteiger partial charge in [0.1, 0.15) is 5.75 Å². The Morgan fingerprint density at radius 3 is 2.29 bits per heavy atom. The minimum Gasteiger partial charge on any atom is -1.00 e. The number of aryl methyl sites for hydroxylation is 3. The molecule has 0 aliphatic heterocycles. The molecule has 2 rings (SSSR count). The SMILES string of the molecule is CCC(C)Oc1ccc(PC(=O)c2c(C)cccc2C)c(C)c1.[H-].[Li+]. The van der Waals surface area contributed by atoms with E-state index in [0.29, 0.717) is 0 Å². The van der Waals surface area contributed by atoms with Crippen LogP contribution >= 0.6 is 8.58 Å². The van der Waals surface area contributed by atoms with Gasteiger partial charge in [0.15, 0.2) is 5.52 Å². The molecule has 0 radical (unpaired) electrons. The van der Waals surface area contributed by atoms with Gasteiger partial charge in [-0.2, -0.15) is 0 Å². The van der Waals surface area contributed by atoms with Gasteiger partial charge >= 0.3 is 18.9 Å². The maximum atomic E-state index is 12.7. The molecule has 0 amide bonds. The number of carbonyl (C=O) groups is 1. The van der Waals surface area contributed by atoms with Gasteiger partial charge in [0.2, 0.25) is 0 Å². The molecule has 0 fully saturated rings. The largest absolute Gasteiger partial charge is 1.00 e. The Balaban J connectivity index is 0.00000288. The summed E-state index contributed by atoms with van der Waals surface area (Å²) in [5.74, 6) is 0.880. The number of rotatable bonds is 6. The molecule has 0 saturated carbocycles. The molecule has 4 heteroatoms. The summed E-state index contributed by atoms with van der Waals surface area (Å²) in [6.45, 7) is 10.2. The summed E-state index contributed by atoms with van der Waals surface area (Å²) in [6, 6.07) is 12.0. The van der Waals surface area contributed by atoms with E-state index in [2.05, 4.69) is 13.8 Å². The van der Waals surface area contributed by atoms with Crippen LogP contribution in [0.15, 0.2) is 36.4 Å². The number of ether oxygens (including phenoxy) is 1. The summed E-state index contributed by atoms with van der Waals surface area (Å²) in [4.78, 5) is 12.7. The average molecular weight is 336 g/mol. The van der Waals surface area contributed by atoms with Crippen molar-refractivity contribution >= 4 is 19.4 Å². The summed E-state index contributed by atoms with van der Waals surface area (Å²) in [6.07, 6.45) is 1.19. The first kappa shape index (κ1) is 21.0. The van der Waals surface area contributed by atoms with E-state index in [0.717, 1.165) is 39.7 Å². The fraction of sp³-hybridized carbons (Fsp3) is 0.350. The van der Waals surface area contributed by atoms with Gasteiger partial charge in [-0.15, -0.1) is 0 Å². The maximum absolute atomic E-state index is 12.7. The van der Waals surface area contributed by atoms with Crippen LogP contribution in [0.5, 0.6) is 5.75 Å². The first-order chi connectivity index (χ1) is 10.9. The standard InChI is InChI=1S/C20H25O2P.Li.H/c1-6-16(5)22-17-10-11-18(15(4)12-17)23-20(21)19-13(2)8-7-9-14(19)3;;/h7-12,16,23H,6H2,1-5H3;;/q;+1;-1. The van der Waals surface area contributed by atoms with Crippen molar-refractivity contribution in [3.63, 3.8) is 0 Å². The summed E-state index contributed by atoms with van der Waals surface area (Å²) in [7, 11) is 0.145. The molecule has 0 spiro atoms. The van der Waals surface area contributed by atoms with E-state index in [1.54, 1.807) is 0 Å². The molecule has 24 heavy (non-hydrogen) atoms. The zero-order chi connectivity index (χ0) is 17.0. The third kappa shape index (κ3) is 5.22. The van der Waals surface area contributed by atoms with Gasteiger partial charge in [-0.1, -0.05) is 31.2 Å². The van der Waals surface area contributed by atoms with Gasteiger partial charge in [-0.05, 0) is 76.8 Å². The number of carbonyl (C=O) groups excluding carboxylic acids is 1. The quantitative estimate of drug-likeness (QED) is 0.596. The fourth-order valence-corrected chi connectivity index (χ4v) is 3.72. The van der Waals surface area contributed by atoms with Crippen LogP contribution in [0, 0.1) is 20.8 Å². The molecular formula is C20H26LiO2P. The Bertz CT molecular complexity index is 699. The normalized spacial score (nSPS) is 12.0. The summed E-state index contributed by atoms with van der Waals surface area (Å²) < 4.78 is 5.85. The summed E-state index contributed by atoms with van der Waals surface area (Å²) >= 11 is 0. The topological polar surface area (TPSA) is 26.3 Å². The van der Waals surface area contributed by atoms with Crippen LogP contribution < -0.4 is 28.9 Å². The molecule has 2 unspecified atom stereocenters. The number of benzene rings is 2. The molecule has 0 aliphatic carbocycles. The molecular weight excluding hydrogens is 310 g/mol. The second-order valence-corrected chi connectivity index (χ2v) is 7.28. The van der Waals surface area contributed by atoms with Crippen LogP contribution in [-0.4, -0.2) is 11.6 Å². The van der Waals surface area contributed by atoms with Crippen molar-refractivity contribution in [1.29, 1.82) is 0 Å². The van der Waals surface area contributed by atoms with Crippen LogP contribution in [0.2, 0.25) is 0 Å². The first-order valence-corrected chi connectivity index (χ1v) is 9.07. The van der Waals surface area contributed by atoms with Crippen LogP contribution in [0.3, 0.4) is 0 Å². The summed E-state index contributed by atoms with van der Waals surface area (Å²) in [5.41, 5.74) is 4.29. The van der Waals surface area contributed by atoms with Gasteiger partial charge in [-0.3, -0.25) is 4.79 Å². The second-order valence-electron chi connectivity index (χ2n) is 6.03. The van der Waals surface area contributed by atoms with Gasteiger partial charge in [0.05, 0.1) is 6.10 Å². The Morgan fingerprint density at radius 2 is 1.75 bits per heavy atom. The van der Waals surface area contributed by atoms with Gasteiger partial charge in [0.25, 0.3) is 0 Å². The van der Waals surface area contributed by atoms with Crippen LogP contribution in [0.25, 0.3) is 0 Å². The van der Waals surface area contributed by atoms with E-state index in [-0.39, 0.29) is 40.5 Å². The third-order valence-electron chi connectivity index (χ3n) is 4.07. The Labute approximate surface area is 160 Å². The molecule has 0 N–H and O–H groups in total. The van der Waals surface area contributed by atoms with E-state index in [9.17, 15) is 4.79 Å². The Morgan fingerprint density at radius 1 is 1.12 bits per heavy atom. The van der Waals surface area contributed by atoms with Gasteiger partial charge in [0, 0.05) is 5.56 Å². The average Bonchev–Trinajstić information content (AvgIpc) is 2.49. The Hall–Kier alpha value is -1.06. The predicted octanol–water partition coefficient (Wildman–Crippen LogP) is 2.05. The van der Waals surface area contributed by atoms with Crippen LogP contribution in [0.1, 0.15) is 48.7 Å². The zero-order valence-electron chi connectivity index (χ0n) is 16.6. The third-order valence-corrected chi connectivity index (χ3v) is 5.37. The van der Waals surface area contributed by atoms with E-state index in [4.69, 9.17) is 4.74 Å². The van der Waals surface area contributed by atoms with Crippen molar-refractivity contribution in [3.05, 3.63) is 58.7 Å². The van der Waals surface area contributed by atoms with Crippen molar-refractivity contribution in [3.8, 4) is 5.75 Å². The molecule has 0 saturated heterocycles. The van der Waals surface area contributed by atoms with Crippen molar-refractivity contribution < 1.29 is 29.8 Å². The summed E-state index contributed by atoms with van der Waals surface area (Å²) in [5, 5.41) is 1.09. The maximum Gasteiger partial charge on any atom is 1.00 e. The van der Waals surface area contributed by atoms with Crippen molar-refractivity contribution in [1.82, 2.24) is 0 Å².